The minimum atomic E-state index is -0.0379. The molecule has 6 nitrogen and oxygen atoms in total. The number of Topliss-reactive ketones (excluding diaryl/α,β-unsaturated/α-hetero) is 1. The highest BCUT2D eigenvalue weighted by Gasteiger charge is 2.16. The Morgan fingerprint density at radius 3 is 2.79 bits per heavy atom. The van der Waals surface area contributed by atoms with Crippen LogP contribution in [0.25, 0.3) is 0 Å². The first-order valence-corrected chi connectivity index (χ1v) is 6.06. The van der Waals surface area contributed by atoms with Crippen LogP contribution in [0.5, 0.6) is 0 Å². The first kappa shape index (κ1) is 13.0. The van der Waals surface area contributed by atoms with Crippen LogP contribution in [0.3, 0.4) is 0 Å². The monoisotopic (exact) mass is 257 g/mol. The van der Waals surface area contributed by atoms with Gasteiger partial charge in [-0.15, -0.1) is 10.2 Å². The fraction of sp³-hybridized carbons (Fsp3) is 0.385. The zero-order valence-corrected chi connectivity index (χ0v) is 11.2. The fourth-order valence-electron chi connectivity index (χ4n) is 2.27. The van der Waals surface area contributed by atoms with Crippen molar-refractivity contribution in [3.8, 4) is 6.07 Å². The van der Waals surface area contributed by atoms with E-state index in [-0.39, 0.29) is 18.2 Å². The Kier molecular flexibility index (Phi) is 3.47. The lowest BCUT2D eigenvalue weighted by molar-refractivity contribution is 0.0971. The maximum absolute atomic E-state index is 12.3. The zero-order chi connectivity index (χ0) is 14.0. The predicted octanol–water partition coefficient (Wildman–Crippen LogP) is 1.47. The van der Waals surface area contributed by atoms with Crippen molar-refractivity contribution < 1.29 is 4.79 Å². The van der Waals surface area contributed by atoms with E-state index >= 15 is 0 Å². The van der Waals surface area contributed by atoms with E-state index in [4.69, 9.17) is 5.26 Å². The van der Waals surface area contributed by atoms with Crippen molar-refractivity contribution in [2.24, 2.45) is 0 Å². The SMILES string of the molecule is CCn1c(C)cc(C(=O)Cn2cnnc2C#N)c1C. The van der Waals surface area contributed by atoms with Crippen LogP contribution in [0.1, 0.15) is 34.5 Å². The standard InChI is InChI=1S/C13H15N5O/c1-4-18-9(2)5-11(10(18)3)12(19)7-17-8-15-16-13(17)6-14/h5,8H,4,7H2,1-3H3. The Morgan fingerprint density at radius 2 is 2.21 bits per heavy atom. The summed E-state index contributed by atoms with van der Waals surface area (Å²) in [6, 6.07) is 3.79. The number of nitrogens with zero attached hydrogens (tertiary/aromatic N) is 5. The third-order valence-electron chi connectivity index (χ3n) is 3.22. The molecule has 0 aliphatic carbocycles. The van der Waals surface area contributed by atoms with Crippen molar-refractivity contribution in [1.82, 2.24) is 19.3 Å². The normalized spacial score (nSPS) is 10.4. The van der Waals surface area contributed by atoms with Gasteiger partial charge < -0.3 is 4.57 Å². The summed E-state index contributed by atoms with van der Waals surface area (Å²) in [6.07, 6.45) is 1.40. The van der Waals surface area contributed by atoms with Crippen molar-refractivity contribution in [2.45, 2.75) is 33.9 Å². The van der Waals surface area contributed by atoms with Crippen LogP contribution in [-0.2, 0) is 13.1 Å². The number of rotatable bonds is 4. The summed E-state index contributed by atoms with van der Waals surface area (Å²) in [5, 5.41) is 16.1. The molecule has 2 aromatic rings. The van der Waals surface area contributed by atoms with E-state index in [1.807, 2.05) is 32.9 Å². The summed E-state index contributed by atoms with van der Waals surface area (Å²) < 4.78 is 3.55. The fourth-order valence-corrected chi connectivity index (χ4v) is 2.27. The molecule has 0 bridgehead atoms. The van der Waals surface area contributed by atoms with Gasteiger partial charge in [0, 0.05) is 23.5 Å². The van der Waals surface area contributed by atoms with Crippen molar-refractivity contribution in [1.29, 1.82) is 5.26 Å². The maximum atomic E-state index is 12.3. The Hall–Kier alpha value is -2.42. The number of hydrogen-bond donors (Lipinski definition) is 0. The predicted molar refractivity (Wildman–Crippen MR) is 68.6 cm³/mol. The van der Waals surface area contributed by atoms with Crippen LogP contribution in [0.2, 0.25) is 0 Å². The number of ketones is 1. The zero-order valence-electron chi connectivity index (χ0n) is 11.2. The number of carbonyl (C=O) groups excluding carboxylic acids is 1. The molecule has 2 heterocycles. The third-order valence-corrected chi connectivity index (χ3v) is 3.22. The second-order valence-corrected chi connectivity index (χ2v) is 4.35. The molecular weight excluding hydrogens is 242 g/mol. The average molecular weight is 257 g/mol. The molecule has 98 valence electrons. The van der Waals surface area contributed by atoms with Crippen molar-refractivity contribution in [3.05, 3.63) is 35.2 Å². The van der Waals surface area contributed by atoms with Gasteiger partial charge in [-0.3, -0.25) is 9.36 Å². The lowest BCUT2D eigenvalue weighted by Crippen LogP contribution is -2.12. The van der Waals surface area contributed by atoms with Gasteiger partial charge in [-0.25, -0.2) is 0 Å². The number of aromatic nitrogens is 4. The van der Waals surface area contributed by atoms with Gasteiger partial charge in [0.1, 0.15) is 12.4 Å². The quantitative estimate of drug-likeness (QED) is 0.777. The van der Waals surface area contributed by atoms with E-state index in [1.54, 1.807) is 0 Å². The topological polar surface area (TPSA) is 76.5 Å². The molecule has 0 saturated carbocycles. The van der Waals surface area contributed by atoms with Crippen LogP contribution in [0, 0.1) is 25.2 Å². The lowest BCUT2D eigenvalue weighted by Gasteiger charge is -2.06. The molecule has 0 amide bonds. The molecule has 0 N–H and O–H groups in total. The minimum absolute atomic E-state index is 0.0379. The van der Waals surface area contributed by atoms with Gasteiger partial charge in [0.2, 0.25) is 5.82 Å². The summed E-state index contributed by atoms with van der Waals surface area (Å²) in [5.74, 6) is 0.113. The van der Waals surface area contributed by atoms with E-state index in [1.165, 1.54) is 10.9 Å². The Morgan fingerprint density at radius 1 is 1.47 bits per heavy atom. The molecule has 19 heavy (non-hydrogen) atoms. The Balaban J connectivity index is 2.29. The maximum Gasteiger partial charge on any atom is 0.235 e. The first-order chi connectivity index (χ1) is 9.08. The highest BCUT2D eigenvalue weighted by atomic mass is 16.1. The smallest absolute Gasteiger partial charge is 0.235 e. The average Bonchev–Trinajstić information content (AvgIpc) is 2.94. The Bertz CT molecular complexity index is 659. The van der Waals surface area contributed by atoms with Gasteiger partial charge in [-0.1, -0.05) is 0 Å². The van der Waals surface area contributed by atoms with Crippen LogP contribution in [-0.4, -0.2) is 25.1 Å². The lowest BCUT2D eigenvalue weighted by atomic mass is 10.1. The molecule has 0 radical (unpaired) electrons. The molecule has 6 heteroatoms. The largest absolute Gasteiger partial charge is 0.349 e. The van der Waals surface area contributed by atoms with Gasteiger partial charge in [-0.2, -0.15) is 5.26 Å². The summed E-state index contributed by atoms with van der Waals surface area (Å²) in [5.41, 5.74) is 2.71. The van der Waals surface area contributed by atoms with Crippen molar-refractivity contribution >= 4 is 5.78 Å². The van der Waals surface area contributed by atoms with Crippen molar-refractivity contribution in [2.75, 3.05) is 0 Å². The number of carbonyl (C=O) groups is 1. The van der Waals surface area contributed by atoms with Gasteiger partial charge in [-0.05, 0) is 26.8 Å². The highest BCUT2D eigenvalue weighted by molar-refractivity contribution is 5.97. The Labute approximate surface area is 111 Å². The van der Waals surface area contributed by atoms with Gasteiger partial charge >= 0.3 is 0 Å². The number of hydrogen-bond acceptors (Lipinski definition) is 4. The van der Waals surface area contributed by atoms with E-state index < -0.39 is 0 Å². The molecule has 0 aromatic carbocycles. The second kappa shape index (κ2) is 5.06. The summed E-state index contributed by atoms with van der Waals surface area (Å²) >= 11 is 0. The molecule has 0 unspecified atom stereocenters. The molecule has 2 aromatic heterocycles. The molecule has 0 atom stereocenters. The molecule has 0 fully saturated rings. The summed E-state index contributed by atoms with van der Waals surface area (Å²) in [7, 11) is 0. The molecule has 0 aliphatic rings. The molecule has 0 saturated heterocycles. The van der Waals surface area contributed by atoms with Crippen LogP contribution in [0.15, 0.2) is 12.4 Å². The highest BCUT2D eigenvalue weighted by Crippen LogP contribution is 2.16. The molecule has 0 spiro atoms. The van der Waals surface area contributed by atoms with Crippen molar-refractivity contribution in [3.63, 3.8) is 0 Å². The first-order valence-electron chi connectivity index (χ1n) is 6.06. The van der Waals surface area contributed by atoms with E-state index in [0.29, 0.717) is 5.56 Å². The number of nitriles is 1. The van der Waals surface area contributed by atoms with Crippen LogP contribution in [0.4, 0.5) is 0 Å². The van der Waals surface area contributed by atoms with Gasteiger partial charge in [0.15, 0.2) is 5.78 Å². The molecule has 2 rings (SSSR count). The van der Waals surface area contributed by atoms with Gasteiger partial charge in [0.25, 0.3) is 0 Å². The van der Waals surface area contributed by atoms with E-state index in [9.17, 15) is 4.79 Å². The van der Waals surface area contributed by atoms with Crippen LogP contribution >= 0.6 is 0 Å². The number of aryl methyl sites for hydroxylation is 1. The van der Waals surface area contributed by atoms with E-state index in [0.717, 1.165) is 17.9 Å². The second-order valence-electron chi connectivity index (χ2n) is 4.35. The third kappa shape index (κ3) is 2.27. The summed E-state index contributed by atoms with van der Waals surface area (Å²) in [6.45, 7) is 6.88. The minimum Gasteiger partial charge on any atom is -0.349 e. The molecular formula is C13H15N5O. The van der Waals surface area contributed by atoms with E-state index in [2.05, 4.69) is 14.8 Å². The van der Waals surface area contributed by atoms with Gasteiger partial charge in [0.05, 0.1) is 6.54 Å². The molecule has 0 aliphatic heterocycles. The van der Waals surface area contributed by atoms with Crippen LogP contribution < -0.4 is 0 Å². The summed E-state index contributed by atoms with van der Waals surface area (Å²) in [4.78, 5) is 12.3.